The van der Waals surface area contributed by atoms with Gasteiger partial charge in [-0.2, -0.15) is 0 Å². The normalized spacial score (nSPS) is 11.2. The summed E-state index contributed by atoms with van der Waals surface area (Å²) in [5.74, 6) is -0.924. The van der Waals surface area contributed by atoms with Gasteiger partial charge in [0.1, 0.15) is 0 Å². The summed E-state index contributed by atoms with van der Waals surface area (Å²) >= 11 is 25.7. The second kappa shape index (κ2) is 23.2. The maximum Gasteiger partial charge on any atom is 0.340 e. The summed E-state index contributed by atoms with van der Waals surface area (Å²) in [5, 5.41) is 0. The number of carbonyl (C=O) groups excluding carboxylic acids is 2. The first-order valence-electron chi connectivity index (χ1n) is 22.8. The second-order valence-corrected chi connectivity index (χ2v) is 22.9. The van der Waals surface area contributed by atoms with E-state index in [4.69, 9.17) is 9.47 Å². The van der Waals surface area contributed by atoms with Crippen LogP contribution in [0, 0.1) is 0 Å². The summed E-state index contributed by atoms with van der Waals surface area (Å²) in [4.78, 5) is 32.5. The molecule has 0 fully saturated rings. The van der Waals surface area contributed by atoms with E-state index >= 15 is 9.59 Å². The van der Waals surface area contributed by atoms with Crippen molar-refractivity contribution in [3.05, 3.63) is 224 Å². The summed E-state index contributed by atoms with van der Waals surface area (Å²) < 4.78 is 22.9. The molecule has 2 aromatic heterocycles. The van der Waals surface area contributed by atoms with Crippen molar-refractivity contribution in [3.8, 4) is 56.1 Å². The summed E-state index contributed by atoms with van der Waals surface area (Å²) in [7, 11) is 0. The third-order valence-corrected chi connectivity index (χ3v) is 15.7. The number of rotatable bonds is 15. The molecule has 0 unspecified atom stereocenters. The molecule has 0 aliphatic carbocycles. The molecule has 7 aromatic carbocycles. The predicted molar refractivity (Wildman–Crippen MR) is 315 cm³/mol. The number of hydrogen-bond donors (Lipinski definition) is 0. The highest BCUT2D eigenvalue weighted by atomic mass is 79.9. The summed E-state index contributed by atoms with van der Waals surface area (Å²) in [6.07, 6.45) is 0. The molecule has 9 rings (SSSR count). The Hall–Kier alpha value is -4.80. The van der Waals surface area contributed by atoms with Gasteiger partial charge in [0, 0.05) is 59.5 Å². The van der Waals surface area contributed by atoms with Crippen molar-refractivity contribution in [3.63, 3.8) is 0 Å². The Bertz CT molecular complexity index is 3180. The van der Waals surface area contributed by atoms with E-state index < -0.39 is 11.9 Å². The van der Waals surface area contributed by atoms with Crippen molar-refractivity contribution in [2.45, 2.75) is 26.9 Å². The number of hydrogen-bond acceptors (Lipinski definition) is 5. The van der Waals surface area contributed by atoms with Crippen molar-refractivity contribution in [1.82, 2.24) is 9.13 Å². The average molecular weight is 1400 g/mol. The van der Waals surface area contributed by atoms with E-state index in [9.17, 15) is 0 Å². The van der Waals surface area contributed by atoms with Crippen LogP contribution in [0.3, 0.4) is 0 Å². The van der Waals surface area contributed by atoms with Gasteiger partial charge < -0.3 is 23.5 Å². The van der Waals surface area contributed by atoms with Gasteiger partial charge in [-0.1, -0.05) is 160 Å². The lowest BCUT2D eigenvalue weighted by molar-refractivity contribution is 0.0516. The van der Waals surface area contributed by atoms with E-state index in [-0.39, 0.29) is 26.3 Å². The van der Waals surface area contributed by atoms with Gasteiger partial charge in [-0.3, -0.25) is 0 Å². The van der Waals surface area contributed by atoms with Crippen LogP contribution in [0.2, 0.25) is 0 Å². The highest BCUT2D eigenvalue weighted by molar-refractivity contribution is 9.11. The topological polar surface area (TPSA) is 65.7 Å². The molecule has 14 heteroatoms. The molecule has 362 valence electrons. The monoisotopic (exact) mass is 1400 g/mol. The Balaban J connectivity index is 1.41. The first-order valence-corrected chi connectivity index (χ1v) is 28.3. The molecular weight excluding hydrogens is 1360 g/mol. The SMILES string of the molecule is CCOC(=O)c1c(-c2ccc(Br)cc2)c(-c2ccc(Br)cc2)n(-c2ccc(Br)cc2)c1CN(Cc1c(C(=O)OCC)c(-c2ccc(Br)cc2)c(-c2ccc(Br)cc2)n1-c1ccc(Br)cc1)c1ccc(Br)cc1. The molecule has 0 aliphatic heterocycles. The Morgan fingerprint density at radius 2 is 0.653 bits per heavy atom. The minimum Gasteiger partial charge on any atom is -0.462 e. The van der Waals surface area contributed by atoms with E-state index in [1.165, 1.54) is 0 Å². The highest BCUT2D eigenvalue weighted by Gasteiger charge is 2.35. The van der Waals surface area contributed by atoms with Crippen LogP contribution in [0.5, 0.6) is 0 Å². The fraction of sp³-hybridized carbons (Fsp3) is 0.103. The maximum atomic E-state index is 15.1. The molecule has 0 saturated heterocycles. The molecule has 0 N–H and O–H groups in total. The predicted octanol–water partition coefficient (Wildman–Crippen LogP) is 18.8. The molecule has 72 heavy (non-hydrogen) atoms. The number of halogens is 7. The Kier molecular flexibility index (Phi) is 16.8. The van der Waals surface area contributed by atoms with Crippen LogP contribution < -0.4 is 4.90 Å². The lowest BCUT2D eigenvalue weighted by atomic mass is 9.96. The van der Waals surface area contributed by atoms with E-state index in [1.807, 2.05) is 147 Å². The molecule has 0 amide bonds. The van der Waals surface area contributed by atoms with Crippen LogP contribution in [0.1, 0.15) is 46.0 Å². The van der Waals surface area contributed by atoms with Crippen molar-refractivity contribution in [2.75, 3.05) is 18.1 Å². The Morgan fingerprint density at radius 1 is 0.389 bits per heavy atom. The number of ether oxygens (including phenoxy) is 2. The van der Waals surface area contributed by atoms with Crippen LogP contribution in [-0.2, 0) is 22.6 Å². The minimum absolute atomic E-state index is 0.160. The summed E-state index contributed by atoms with van der Waals surface area (Å²) in [6.45, 7) is 4.30. The quantitative estimate of drug-likeness (QED) is 0.0957. The van der Waals surface area contributed by atoms with Crippen LogP contribution in [-0.4, -0.2) is 34.3 Å². The van der Waals surface area contributed by atoms with Gasteiger partial charge in [-0.05, 0) is 157 Å². The third kappa shape index (κ3) is 11.2. The Labute approximate surface area is 477 Å². The van der Waals surface area contributed by atoms with Gasteiger partial charge in [0.25, 0.3) is 0 Å². The number of carbonyl (C=O) groups is 2. The zero-order chi connectivity index (χ0) is 50.6. The van der Waals surface area contributed by atoms with E-state index in [2.05, 4.69) is 162 Å². The molecule has 0 atom stereocenters. The van der Waals surface area contributed by atoms with Gasteiger partial charge in [0.15, 0.2) is 0 Å². The van der Waals surface area contributed by atoms with Gasteiger partial charge in [0.05, 0.1) is 60.2 Å². The summed E-state index contributed by atoms with van der Waals surface area (Å²) in [6, 6.07) is 56.6. The van der Waals surface area contributed by atoms with Gasteiger partial charge >= 0.3 is 11.9 Å². The third-order valence-electron chi connectivity index (χ3n) is 12.0. The maximum absolute atomic E-state index is 15.1. The fourth-order valence-corrected chi connectivity index (χ4v) is 10.8. The Morgan fingerprint density at radius 3 is 0.944 bits per heavy atom. The number of anilines is 1. The number of aromatic nitrogens is 2. The van der Waals surface area contributed by atoms with E-state index in [0.29, 0.717) is 22.5 Å². The van der Waals surface area contributed by atoms with Crippen molar-refractivity contribution >= 4 is 129 Å². The number of esters is 2. The van der Waals surface area contributed by atoms with Gasteiger partial charge in [-0.15, -0.1) is 0 Å². The zero-order valence-corrected chi connectivity index (χ0v) is 49.7. The lowest BCUT2D eigenvalue weighted by Crippen LogP contribution is -2.27. The molecule has 9 aromatic rings. The van der Waals surface area contributed by atoms with Gasteiger partial charge in [-0.25, -0.2) is 9.59 Å². The first kappa shape index (κ1) is 52.1. The molecule has 0 radical (unpaired) electrons. The van der Waals surface area contributed by atoms with Crippen LogP contribution in [0.15, 0.2) is 201 Å². The second-order valence-electron chi connectivity index (χ2n) is 16.5. The molecule has 0 bridgehead atoms. The number of nitrogens with zero attached hydrogens (tertiary/aromatic N) is 3. The minimum atomic E-state index is -0.462. The van der Waals surface area contributed by atoms with Crippen molar-refractivity contribution < 1.29 is 19.1 Å². The first-order chi connectivity index (χ1) is 34.8. The standard InChI is InChI=1S/C58H42Br7N3O4/c1-3-71-57(69)53-49(67(47-29-23-44(64)24-30-47)55(37-9-17-41(61)18-10-37)51(53)35-5-13-39(59)14-6-35)33-66(46-27-21-43(63)22-28-46)34-50-54(58(70)72-4-2)52(36-7-15-40(60)16-8-36)56(38-11-19-42(62)20-12-38)68(50)48-31-25-45(65)26-32-48/h5-32H,3-4,33-34H2,1-2H3. The number of benzene rings is 7. The van der Waals surface area contributed by atoms with Crippen molar-refractivity contribution in [1.29, 1.82) is 0 Å². The van der Waals surface area contributed by atoms with Crippen LogP contribution >= 0.6 is 112 Å². The van der Waals surface area contributed by atoms with E-state index in [1.54, 1.807) is 0 Å². The molecule has 0 spiro atoms. The zero-order valence-electron chi connectivity index (χ0n) is 38.6. The van der Waals surface area contributed by atoms with Crippen molar-refractivity contribution in [2.24, 2.45) is 0 Å². The molecule has 2 heterocycles. The lowest BCUT2D eigenvalue weighted by Gasteiger charge is -2.28. The fourth-order valence-electron chi connectivity index (χ4n) is 8.95. The molecule has 7 nitrogen and oxygen atoms in total. The van der Waals surface area contributed by atoms with Gasteiger partial charge in [0.2, 0.25) is 0 Å². The van der Waals surface area contributed by atoms with Crippen LogP contribution in [0.4, 0.5) is 5.69 Å². The highest BCUT2D eigenvalue weighted by Crippen LogP contribution is 2.46. The molecule has 0 aliphatic rings. The molecular formula is C58H42Br7N3O4. The summed E-state index contributed by atoms with van der Waals surface area (Å²) in [5.41, 5.74) is 11.2. The van der Waals surface area contributed by atoms with E-state index in [0.717, 1.165) is 93.1 Å². The van der Waals surface area contributed by atoms with Crippen LogP contribution in [0.25, 0.3) is 56.1 Å². The average Bonchev–Trinajstić information content (AvgIpc) is 3.89. The molecule has 0 saturated carbocycles. The largest absolute Gasteiger partial charge is 0.462 e. The smallest absolute Gasteiger partial charge is 0.340 e.